The fourth-order valence-electron chi connectivity index (χ4n) is 5.10. The monoisotopic (exact) mass is 563 g/mol. The highest BCUT2D eigenvalue weighted by Gasteiger charge is 2.31. The Bertz CT molecular complexity index is 1750. The van der Waals surface area contributed by atoms with Gasteiger partial charge in [0.2, 0.25) is 0 Å². The zero-order valence-electron chi connectivity index (χ0n) is 21.5. The lowest BCUT2D eigenvalue weighted by Gasteiger charge is -2.22. The van der Waals surface area contributed by atoms with Gasteiger partial charge in [0.15, 0.2) is 5.65 Å². The number of hydrogen-bond acceptors (Lipinski definition) is 8. The van der Waals surface area contributed by atoms with E-state index in [9.17, 15) is 23.1 Å². The first kappa shape index (κ1) is 26.4. The van der Waals surface area contributed by atoms with E-state index in [2.05, 4.69) is 25.4 Å². The first-order chi connectivity index (χ1) is 19.7. The Morgan fingerprint density at radius 1 is 1.12 bits per heavy atom. The van der Waals surface area contributed by atoms with Gasteiger partial charge in [-0.15, -0.1) is 0 Å². The van der Waals surface area contributed by atoms with Crippen LogP contribution in [0, 0.1) is 0 Å². The molecule has 4 aromatic heterocycles. The van der Waals surface area contributed by atoms with Crippen LogP contribution in [0.25, 0.3) is 22.3 Å². The van der Waals surface area contributed by atoms with Crippen molar-refractivity contribution in [3.05, 3.63) is 77.5 Å². The van der Waals surface area contributed by atoms with E-state index in [1.807, 2.05) is 10.9 Å². The van der Waals surface area contributed by atoms with E-state index in [-0.39, 0.29) is 29.8 Å². The number of rotatable bonds is 6. The number of aliphatic hydroxyl groups is 1. The van der Waals surface area contributed by atoms with Crippen molar-refractivity contribution in [1.29, 1.82) is 0 Å². The molecule has 0 spiro atoms. The molecule has 14 heteroatoms. The zero-order chi connectivity index (χ0) is 28.7. The van der Waals surface area contributed by atoms with Gasteiger partial charge >= 0.3 is 6.18 Å². The van der Waals surface area contributed by atoms with Crippen molar-refractivity contribution in [3.63, 3.8) is 0 Å². The molecule has 1 aliphatic rings. The minimum Gasteiger partial charge on any atom is -0.394 e. The van der Waals surface area contributed by atoms with Crippen molar-refractivity contribution in [3.8, 4) is 11.3 Å². The number of nitrogens with two attached hydrogens (primary N) is 1. The summed E-state index contributed by atoms with van der Waals surface area (Å²) in [6, 6.07) is 7.90. The largest absolute Gasteiger partial charge is 0.416 e. The molecule has 0 unspecified atom stereocenters. The summed E-state index contributed by atoms with van der Waals surface area (Å²) in [7, 11) is 0. The summed E-state index contributed by atoms with van der Waals surface area (Å²) in [5, 5.41) is 21.8. The Morgan fingerprint density at radius 2 is 1.93 bits per heavy atom. The summed E-state index contributed by atoms with van der Waals surface area (Å²) < 4.78 is 42.6. The second-order valence-corrected chi connectivity index (χ2v) is 9.64. The number of aryl methyl sites for hydroxylation is 1. The molecule has 0 saturated carbocycles. The predicted molar refractivity (Wildman–Crippen MR) is 143 cm³/mol. The van der Waals surface area contributed by atoms with Gasteiger partial charge in [0.25, 0.3) is 5.91 Å². The van der Waals surface area contributed by atoms with Crippen LogP contribution in [0.5, 0.6) is 0 Å². The van der Waals surface area contributed by atoms with Gasteiger partial charge in [-0.1, -0.05) is 12.1 Å². The van der Waals surface area contributed by atoms with Gasteiger partial charge in [-0.05, 0) is 43.5 Å². The first-order valence-corrected chi connectivity index (χ1v) is 12.8. The predicted octanol–water partition coefficient (Wildman–Crippen LogP) is 3.86. The summed E-state index contributed by atoms with van der Waals surface area (Å²) in [6.45, 7) is 0.373. The van der Waals surface area contributed by atoms with Gasteiger partial charge in [-0.25, -0.2) is 19.6 Å². The fourth-order valence-corrected chi connectivity index (χ4v) is 5.10. The summed E-state index contributed by atoms with van der Waals surface area (Å²) in [4.78, 5) is 25.2. The number of aliphatic hydroxyl groups excluding tert-OH is 1. The standard InChI is InChI=1S/C27H24F3N9O2/c28-27(29,30)17-8-9-32-21(12-17)35-26(41)16-6-4-15(5-7-16)23-22-24(31)33-14-34-25(22)39(37-23)20-3-1-2-19-18(20)13-38(36-19)10-11-40/h4-9,12-14,20,40H,1-3,10-11H2,(H2,31,33,34)(H,32,35,41)/t20-/m1/s1. The van der Waals surface area contributed by atoms with Gasteiger partial charge in [0.05, 0.1) is 35.8 Å². The van der Waals surface area contributed by atoms with E-state index in [4.69, 9.17) is 10.8 Å². The molecule has 0 bridgehead atoms. The van der Waals surface area contributed by atoms with Gasteiger partial charge in [-0.3, -0.25) is 9.48 Å². The SMILES string of the molecule is Nc1ncnc2c1c(-c1ccc(C(=O)Nc3cc(C(F)(F)F)ccn3)cc1)nn2[C@@H]1CCCc2nn(CCO)cc21. The number of nitrogen functional groups attached to an aromatic ring is 1. The molecule has 1 amide bonds. The highest BCUT2D eigenvalue weighted by Crippen LogP contribution is 2.38. The van der Waals surface area contributed by atoms with Crippen LogP contribution in [-0.2, 0) is 19.1 Å². The average molecular weight is 564 g/mol. The number of amides is 1. The molecule has 0 aliphatic heterocycles. The van der Waals surface area contributed by atoms with E-state index in [1.54, 1.807) is 28.9 Å². The van der Waals surface area contributed by atoms with Crippen LogP contribution in [0.3, 0.4) is 0 Å². The third kappa shape index (κ3) is 4.97. The molecule has 0 saturated heterocycles. The number of pyridine rings is 1. The molecule has 5 aromatic rings. The van der Waals surface area contributed by atoms with E-state index in [0.717, 1.165) is 48.8 Å². The highest BCUT2D eigenvalue weighted by molar-refractivity contribution is 6.04. The maximum Gasteiger partial charge on any atom is 0.416 e. The third-order valence-electron chi connectivity index (χ3n) is 7.01. The smallest absolute Gasteiger partial charge is 0.394 e. The van der Waals surface area contributed by atoms with Crippen LogP contribution in [0.15, 0.2) is 55.1 Å². The summed E-state index contributed by atoms with van der Waals surface area (Å²) in [5.41, 5.74) is 9.28. The average Bonchev–Trinajstić information content (AvgIpc) is 3.55. The summed E-state index contributed by atoms with van der Waals surface area (Å²) >= 11 is 0. The molecular weight excluding hydrogens is 539 g/mol. The number of carbonyl (C=O) groups excluding carboxylic acids is 1. The number of alkyl halides is 3. The highest BCUT2D eigenvalue weighted by atomic mass is 19.4. The molecule has 41 heavy (non-hydrogen) atoms. The molecule has 4 N–H and O–H groups in total. The number of benzene rings is 1. The van der Waals surface area contributed by atoms with Gasteiger partial charge in [0, 0.05) is 29.1 Å². The van der Waals surface area contributed by atoms with Crippen molar-refractivity contribution < 1.29 is 23.1 Å². The Kier molecular flexibility index (Phi) is 6.61. The first-order valence-electron chi connectivity index (χ1n) is 12.8. The minimum absolute atomic E-state index is 0.0195. The number of carbonyl (C=O) groups is 1. The quantitative estimate of drug-likeness (QED) is 0.282. The third-order valence-corrected chi connectivity index (χ3v) is 7.01. The van der Waals surface area contributed by atoms with Gasteiger partial charge < -0.3 is 16.2 Å². The Labute approximate surface area is 230 Å². The van der Waals surface area contributed by atoms with Crippen molar-refractivity contribution in [1.82, 2.24) is 34.5 Å². The number of halogens is 3. The minimum atomic E-state index is -4.55. The summed E-state index contributed by atoms with van der Waals surface area (Å²) in [5.74, 6) is -0.574. The number of anilines is 2. The maximum absolute atomic E-state index is 13.0. The van der Waals surface area contributed by atoms with Crippen LogP contribution in [0.2, 0.25) is 0 Å². The van der Waals surface area contributed by atoms with Crippen molar-refractivity contribution >= 4 is 28.6 Å². The second kappa shape index (κ2) is 10.3. The molecule has 6 rings (SSSR count). The van der Waals surface area contributed by atoms with Crippen molar-refractivity contribution in [2.75, 3.05) is 17.7 Å². The Hall–Kier alpha value is -4.85. The molecule has 11 nitrogen and oxygen atoms in total. The van der Waals surface area contributed by atoms with Crippen molar-refractivity contribution in [2.24, 2.45) is 0 Å². The normalized spacial score (nSPS) is 15.2. The topological polar surface area (TPSA) is 150 Å². The number of aromatic nitrogens is 7. The van der Waals surface area contributed by atoms with E-state index >= 15 is 0 Å². The molecular formula is C27H24F3N9O2. The second-order valence-electron chi connectivity index (χ2n) is 9.64. The number of hydrogen-bond donors (Lipinski definition) is 3. The number of fused-ring (bicyclic) bond motifs is 2. The Morgan fingerprint density at radius 3 is 2.68 bits per heavy atom. The van der Waals surface area contributed by atoms with Crippen LogP contribution >= 0.6 is 0 Å². The molecule has 210 valence electrons. The molecule has 0 fully saturated rings. The molecule has 1 aliphatic carbocycles. The Balaban J connectivity index is 1.32. The zero-order valence-corrected chi connectivity index (χ0v) is 21.5. The van der Waals surface area contributed by atoms with Crippen LogP contribution in [0.1, 0.15) is 46.1 Å². The molecule has 1 aromatic carbocycles. The number of nitrogens with zero attached hydrogens (tertiary/aromatic N) is 7. The lowest BCUT2D eigenvalue weighted by Crippen LogP contribution is -2.18. The molecule has 1 atom stereocenters. The van der Waals surface area contributed by atoms with Crippen LogP contribution in [0.4, 0.5) is 24.8 Å². The lowest BCUT2D eigenvalue weighted by molar-refractivity contribution is -0.137. The van der Waals surface area contributed by atoms with Crippen LogP contribution < -0.4 is 11.1 Å². The van der Waals surface area contributed by atoms with Crippen LogP contribution in [-0.4, -0.2) is 52.1 Å². The van der Waals surface area contributed by atoms with E-state index in [0.29, 0.717) is 28.8 Å². The number of nitrogens with one attached hydrogen (secondary N) is 1. The lowest BCUT2D eigenvalue weighted by atomic mass is 9.93. The van der Waals surface area contributed by atoms with Gasteiger partial charge in [-0.2, -0.15) is 23.4 Å². The molecule has 4 heterocycles. The summed E-state index contributed by atoms with van der Waals surface area (Å²) in [6.07, 6.45) is 2.28. The van der Waals surface area contributed by atoms with E-state index < -0.39 is 17.6 Å². The van der Waals surface area contributed by atoms with Gasteiger partial charge in [0.1, 0.15) is 23.7 Å². The maximum atomic E-state index is 13.0. The molecule has 0 radical (unpaired) electrons. The van der Waals surface area contributed by atoms with E-state index in [1.165, 1.54) is 6.33 Å². The fraction of sp³-hybridized carbons (Fsp3) is 0.259. The van der Waals surface area contributed by atoms with Crippen molar-refractivity contribution in [2.45, 2.75) is 38.0 Å².